The Kier molecular flexibility index (Phi) is 5.01. The minimum atomic E-state index is 0.837. The number of hydrogen-bond donors (Lipinski definition) is 0. The van der Waals surface area contributed by atoms with Crippen molar-refractivity contribution in [1.29, 1.82) is 0 Å². The van der Waals surface area contributed by atoms with E-state index < -0.39 is 0 Å². The van der Waals surface area contributed by atoms with Gasteiger partial charge in [-0.15, -0.1) is 11.8 Å². The minimum Gasteiger partial charge on any atom is -0.378 e. The Labute approximate surface area is 146 Å². The van der Waals surface area contributed by atoms with Crippen molar-refractivity contribution in [3.8, 4) is 11.4 Å². The third kappa shape index (κ3) is 3.68. The van der Waals surface area contributed by atoms with Crippen LogP contribution in [-0.4, -0.2) is 36.2 Å². The lowest BCUT2D eigenvalue weighted by atomic mass is 10.2. The van der Waals surface area contributed by atoms with E-state index in [0.717, 1.165) is 17.0 Å². The molecule has 122 valence electrons. The lowest BCUT2D eigenvalue weighted by molar-refractivity contribution is 0.892. The zero-order valence-corrected chi connectivity index (χ0v) is 14.9. The van der Waals surface area contributed by atoms with Gasteiger partial charge in [0, 0.05) is 42.6 Å². The number of imidazole rings is 1. The van der Waals surface area contributed by atoms with Crippen LogP contribution in [0, 0.1) is 0 Å². The Morgan fingerprint density at radius 3 is 2.38 bits per heavy atom. The van der Waals surface area contributed by atoms with E-state index in [1.54, 1.807) is 22.6 Å². The number of nitrogens with zero attached hydrogens (tertiary/aromatic N) is 4. The fraction of sp³-hybridized carbons (Fsp3) is 0.158. The molecule has 0 amide bonds. The second-order valence-corrected chi connectivity index (χ2v) is 6.43. The summed E-state index contributed by atoms with van der Waals surface area (Å²) in [5, 5.41) is 4.54. The van der Waals surface area contributed by atoms with Crippen LogP contribution >= 0.6 is 11.8 Å². The molecule has 2 aromatic carbocycles. The van der Waals surface area contributed by atoms with E-state index in [1.165, 1.54) is 10.6 Å². The van der Waals surface area contributed by atoms with Gasteiger partial charge in [0.2, 0.25) is 0 Å². The normalized spacial score (nSPS) is 11.1. The molecule has 4 nitrogen and oxygen atoms in total. The Morgan fingerprint density at radius 1 is 1.04 bits per heavy atom. The van der Waals surface area contributed by atoms with Gasteiger partial charge in [0.25, 0.3) is 0 Å². The van der Waals surface area contributed by atoms with Gasteiger partial charge >= 0.3 is 0 Å². The highest BCUT2D eigenvalue weighted by Gasteiger charge is 2.05. The van der Waals surface area contributed by atoms with E-state index >= 15 is 0 Å². The summed E-state index contributed by atoms with van der Waals surface area (Å²) in [7, 11) is 4.06. The van der Waals surface area contributed by atoms with Gasteiger partial charge in [0.1, 0.15) is 0 Å². The number of rotatable bonds is 5. The lowest BCUT2D eigenvalue weighted by Crippen LogP contribution is -2.08. The topological polar surface area (TPSA) is 33.4 Å². The molecule has 0 saturated carbocycles. The van der Waals surface area contributed by atoms with Gasteiger partial charge in [-0.05, 0) is 36.1 Å². The quantitative estimate of drug-likeness (QED) is 0.517. The van der Waals surface area contributed by atoms with Gasteiger partial charge in [-0.2, -0.15) is 5.10 Å². The average molecular weight is 336 g/mol. The highest BCUT2D eigenvalue weighted by Crippen LogP contribution is 2.22. The Balaban J connectivity index is 1.82. The number of thioether (sulfide) groups is 1. The van der Waals surface area contributed by atoms with Gasteiger partial charge < -0.3 is 4.90 Å². The summed E-state index contributed by atoms with van der Waals surface area (Å²) < 4.78 is 1.80. The van der Waals surface area contributed by atoms with Crippen LogP contribution in [0.15, 0.2) is 70.9 Å². The van der Waals surface area contributed by atoms with Crippen molar-refractivity contribution < 1.29 is 0 Å². The first-order chi connectivity index (χ1) is 11.7. The molecule has 0 saturated heterocycles. The summed E-state index contributed by atoms with van der Waals surface area (Å²) in [6.07, 6.45) is 7.55. The summed E-state index contributed by atoms with van der Waals surface area (Å²) in [5.74, 6) is 0.837. The van der Waals surface area contributed by atoms with Gasteiger partial charge in [-0.25, -0.2) is 9.66 Å². The minimum absolute atomic E-state index is 0.837. The van der Waals surface area contributed by atoms with E-state index in [4.69, 9.17) is 0 Å². The maximum atomic E-state index is 4.54. The molecule has 0 fully saturated rings. The first-order valence-electron chi connectivity index (χ1n) is 7.67. The molecule has 0 atom stereocenters. The number of anilines is 1. The molecule has 0 aliphatic rings. The summed E-state index contributed by atoms with van der Waals surface area (Å²) >= 11 is 1.73. The van der Waals surface area contributed by atoms with Crippen molar-refractivity contribution in [1.82, 2.24) is 9.66 Å². The third-order valence-electron chi connectivity index (χ3n) is 3.71. The molecule has 0 spiro atoms. The molecular formula is C19H20N4S. The zero-order valence-electron chi connectivity index (χ0n) is 14.0. The molecule has 24 heavy (non-hydrogen) atoms. The lowest BCUT2D eigenvalue weighted by Gasteiger charge is -2.11. The molecule has 0 radical (unpaired) electrons. The Morgan fingerprint density at radius 2 is 1.75 bits per heavy atom. The van der Waals surface area contributed by atoms with Gasteiger partial charge in [0.15, 0.2) is 5.82 Å². The predicted octanol–water partition coefficient (Wildman–Crippen LogP) is 4.22. The van der Waals surface area contributed by atoms with E-state index in [1.807, 2.05) is 26.5 Å². The van der Waals surface area contributed by atoms with E-state index in [9.17, 15) is 0 Å². The smallest absolute Gasteiger partial charge is 0.160 e. The van der Waals surface area contributed by atoms with Crippen molar-refractivity contribution in [3.05, 3.63) is 66.5 Å². The molecule has 0 aliphatic carbocycles. The van der Waals surface area contributed by atoms with E-state index in [-0.39, 0.29) is 0 Å². The van der Waals surface area contributed by atoms with Crippen LogP contribution in [-0.2, 0) is 0 Å². The predicted molar refractivity (Wildman–Crippen MR) is 103 cm³/mol. The number of hydrogen-bond acceptors (Lipinski definition) is 4. The first-order valence-corrected chi connectivity index (χ1v) is 8.89. The van der Waals surface area contributed by atoms with E-state index in [2.05, 4.69) is 69.8 Å². The van der Waals surface area contributed by atoms with Gasteiger partial charge in [-0.1, -0.05) is 24.3 Å². The zero-order chi connectivity index (χ0) is 16.9. The summed E-state index contributed by atoms with van der Waals surface area (Å²) in [4.78, 5) is 7.74. The van der Waals surface area contributed by atoms with Crippen LogP contribution in [0.25, 0.3) is 11.4 Å². The van der Waals surface area contributed by atoms with Crippen LogP contribution < -0.4 is 4.90 Å². The Hall–Kier alpha value is -2.53. The van der Waals surface area contributed by atoms with Crippen LogP contribution in [0.4, 0.5) is 5.69 Å². The molecule has 1 heterocycles. The summed E-state index contributed by atoms with van der Waals surface area (Å²) in [5.41, 5.74) is 3.28. The third-order valence-corrected chi connectivity index (χ3v) is 4.45. The van der Waals surface area contributed by atoms with Gasteiger partial charge in [-0.3, -0.25) is 0 Å². The average Bonchev–Trinajstić information content (AvgIpc) is 3.09. The van der Waals surface area contributed by atoms with Crippen molar-refractivity contribution in [2.24, 2.45) is 5.10 Å². The maximum Gasteiger partial charge on any atom is 0.160 e. The highest BCUT2D eigenvalue weighted by molar-refractivity contribution is 7.98. The fourth-order valence-electron chi connectivity index (χ4n) is 2.32. The largest absolute Gasteiger partial charge is 0.378 e. The van der Waals surface area contributed by atoms with Crippen molar-refractivity contribution in [2.45, 2.75) is 4.90 Å². The highest BCUT2D eigenvalue weighted by atomic mass is 32.2. The second-order valence-electron chi connectivity index (χ2n) is 5.55. The van der Waals surface area contributed by atoms with E-state index in [0.29, 0.717) is 0 Å². The van der Waals surface area contributed by atoms with Crippen LogP contribution in [0.3, 0.4) is 0 Å². The standard InChI is InChI=1S/C19H20N4S/c1-22(2)17-8-4-15(5-9-17)14-21-23-13-12-20-19(23)16-6-10-18(24-3)11-7-16/h4-14H,1-3H3. The van der Waals surface area contributed by atoms with Crippen LogP contribution in [0.2, 0.25) is 0 Å². The van der Waals surface area contributed by atoms with Gasteiger partial charge in [0.05, 0.1) is 6.21 Å². The SMILES string of the molecule is CSc1ccc(-c2nccn2N=Cc2ccc(N(C)C)cc2)cc1. The van der Waals surface area contributed by atoms with Crippen molar-refractivity contribution >= 4 is 23.7 Å². The van der Waals surface area contributed by atoms with Crippen LogP contribution in [0.1, 0.15) is 5.56 Å². The molecular weight excluding hydrogens is 316 g/mol. The number of aromatic nitrogens is 2. The molecule has 0 aliphatic heterocycles. The summed E-state index contributed by atoms with van der Waals surface area (Å²) in [6.45, 7) is 0. The fourth-order valence-corrected chi connectivity index (χ4v) is 2.73. The monoisotopic (exact) mass is 336 g/mol. The Bertz CT molecular complexity index is 817. The van der Waals surface area contributed by atoms with Crippen molar-refractivity contribution in [2.75, 3.05) is 25.3 Å². The first kappa shape index (κ1) is 16.3. The molecule has 3 aromatic rings. The maximum absolute atomic E-state index is 4.54. The van der Waals surface area contributed by atoms with Crippen molar-refractivity contribution in [3.63, 3.8) is 0 Å². The van der Waals surface area contributed by atoms with Crippen LogP contribution in [0.5, 0.6) is 0 Å². The summed E-state index contributed by atoms with van der Waals surface area (Å²) in [6, 6.07) is 16.6. The molecule has 0 bridgehead atoms. The molecule has 1 aromatic heterocycles. The molecule has 5 heteroatoms. The number of benzene rings is 2. The second kappa shape index (κ2) is 7.36. The molecule has 0 unspecified atom stereocenters. The molecule has 3 rings (SSSR count). The molecule has 0 N–H and O–H groups in total.